The van der Waals surface area contributed by atoms with Crippen LogP contribution < -0.4 is 21.3 Å². The summed E-state index contributed by atoms with van der Waals surface area (Å²) in [4.78, 5) is 68.2. The summed E-state index contributed by atoms with van der Waals surface area (Å²) in [5, 5.41) is 10.9. The Morgan fingerprint density at radius 2 is 1.52 bits per heavy atom. The van der Waals surface area contributed by atoms with Crippen molar-refractivity contribution in [3.8, 4) is 0 Å². The van der Waals surface area contributed by atoms with Crippen molar-refractivity contribution in [2.24, 2.45) is 34.0 Å². The van der Waals surface area contributed by atoms with E-state index in [-0.39, 0.29) is 29.7 Å². The van der Waals surface area contributed by atoms with Crippen molar-refractivity contribution in [1.29, 1.82) is 0 Å². The van der Waals surface area contributed by atoms with E-state index in [0.29, 0.717) is 19.6 Å². The second-order valence-corrected chi connectivity index (χ2v) is 18.2. The van der Waals surface area contributed by atoms with Gasteiger partial charge in [-0.15, -0.1) is 0 Å². The lowest BCUT2D eigenvalue weighted by molar-refractivity contribution is -0.145. The number of hydrogen-bond acceptors (Lipinski definition) is 7. The topological polar surface area (TPSA) is 177 Å². The van der Waals surface area contributed by atoms with E-state index in [1.54, 1.807) is 0 Å². The van der Waals surface area contributed by atoms with E-state index in [2.05, 4.69) is 35.1 Å². The molecule has 2 aliphatic carbocycles. The van der Waals surface area contributed by atoms with Gasteiger partial charge in [-0.1, -0.05) is 55.4 Å². The van der Waals surface area contributed by atoms with Crippen molar-refractivity contribution in [2.45, 2.75) is 92.4 Å². The Kier molecular flexibility index (Phi) is 9.68. The maximum Gasteiger partial charge on any atom is 0.315 e. The van der Waals surface area contributed by atoms with Crippen LogP contribution in [0.5, 0.6) is 0 Å². The Bertz CT molecular complexity index is 1370. The van der Waals surface area contributed by atoms with Gasteiger partial charge >= 0.3 is 6.03 Å². The highest BCUT2D eigenvalue weighted by Gasteiger charge is 2.70. The molecule has 0 spiro atoms. The molecule has 2 saturated heterocycles. The van der Waals surface area contributed by atoms with E-state index in [4.69, 9.17) is 0 Å². The van der Waals surface area contributed by atoms with Gasteiger partial charge in [-0.3, -0.25) is 19.2 Å². The summed E-state index contributed by atoms with van der Waals surface area (Å²) in [5.74, 6) is -2.54. The third-order valence-corrected chi connectivity index (χ3v) is 12.3. The lowest BCUT2D eigenvalue weighted by atomic mass is 9.85. The van der Waals surface area contributed by atoms with Crippen molar-refractivity contribution in [3.63, 3.8) is 0 Å². The first-order valence-electron chi connectivity index (χ1n) is 16.2. The highest BCUT2D eigenvalue weighted by Crippen LogP contribution is 2.65. The molecule has 4 aliphatic rings. The van der Waals surface area contributed by atoms with Gasteiger partial charge in [0.05, 0.1) is 0 Å². The second kappa shape index (κ2) is 12.3. The number of hydrogen-bond donors (Lipinski definition) is 4. The first-order valence-corrected chi connectivity index (χ1v) is 17.6. The minimum absolute atomic E-state index is 0.0708. The van der Waals surface area contributed by atoms with Gasteiger partial charge in [-0.05, 0) is 46.8 Å². The average molecular weight is 668 g/mol. The molecule has 4 N–H and O–H groups in total. The monoisotopic (exact) mass is 667 g/mol. The zero-order chi connectivity index (χ0) is 34.7. The molecule has 2 aliphatic heterocycles. The van der Waals surface area contributed by atoms with Gasteiger partial charge in [-0.25, -0.2) is 4.79 Å². The molecule has 4 fully saturated rings. The molecule has 4 rings (SSSR count). The molecule has 0 aromatic heterocycles. The largest absolute Gasteiger partial charge is 0.353 e. The van der Waals surface area contributed by atoms with Crippen LogP contribution in [-0.2, 0) is 29.4 Å². The lowest BCUT2D eigenvalue weighted by Crippen LogP contribution is -2.63. The fourth-order valence-electron chi connectivity index (χ4n) is 6.89. The van der Waals surface area contributed by atoms with Gasteiger partial charge in [0.1, 0.15) is 18.1 Å². The van der Waals surface area contributed by atoms with E-state index in [1.165, 1.54) is 27.6 Å². The maximum atomic E-state index is 14.3. The van der Waals surface area contributed by atoms with E-state index in [0.717, 1.165) is 12.8 Å². The smallest absolute Gasteiger partial charge is 0.315 e. The van der Waals surface area contributed by atoms with Crippen LogP contribution in [0, 0.1) is 34.0 Å². The molecule has 2 heterocycles. The van der Waals surface area contributed by atoms with Crippen molar-refractivity contribution in [3.05, 3.63) is 0 Å². The molecule has 46 heavy (non-hydrogen) atoms. The number of nitrogens with zero attached hydrogens (tertiary/aromatic N) is 3. The van der Waals surface area contributed by atoms with Crippen molar-refractivity contribution in [1.82, 2.24) is 34.8 Å². The number of carbonyl (C=O) groups excluding carboxylic acids is 5. The van der Waals surface area contributed by atoms with Gasteiger partial charge < -0.3 is 26.2 Å². The average Bonchev–Trinajstić information content (AvgIpc) is 3.78. The van der Waals surface area contributed by atoms with Crippen LogP contribution in [-0.4, -0.2) is 116 Å². The molecule has 14 nitrogen and oxygen atoms in total. The molecule has 1 unspecified atom stereocenters. The van der Waals surface area contributed by atoms with Gasteiger partial charge in [0.25, 0.3) is 16.1 Å². The fourth-order valence-corrected chi connectivity index (χ4v) is 8.25. The molecule has 15 heteroatoms. The molecule has 6 atom stereocenters. The van der Waals surface area contributed by atoms with Gasteiger partial charge in [0.2, 0.25) is 17.6 Å². The number of fused-ring (bicyclic) bond motifs is 1. The number of urea groups is 1. The molecule has 0 radical (unpaired) electrons. The van der Waals surface area contributed by atoms with Crippen LogP contribution in [0.4, 0.5) is 4.79 Å². The number of likely N-dealkylation sites (tertiary alicyclic amines) is 1. The molecular formula is C31H53N7O7S. The van der Waals surface area contributed by atoms with Crippen LogP contribution in [0.1, 0.15) is 68.2 Å². The summed E-state index contributed by atoms with van der Waals surface area (Å²) >= 11 is 0. The van der Waals surface area contributed by atoms with Crippen LogP contribution in [0.25, 0.3) is 0 Å². The second-order valence-electron chi connectivity index (χ2n) is 16.2. The lowest BCUT2D eigenvalue weighted by Gasteiger charge is -2.39. The molecule has 260 valence electrons. The Labute approximate surface area is 273 Å². The van der Waals surface area contributed by atoms with Crippen LogP contribution in [0.3, 0.4) is 0 Å². The van der Waals surface area contributed by atoms with Crippen LogP contribution in [0.2, 0.25) is 0 Å². The standard InChI is InChI=1S/C31H53N7O7S/c1-29(2,3)19(16-37-14-13-36(10)46(37,44)45)33-28(43)35-24(30(4,5)6)27(42)38-15-18-20(31(18,7)8)22(38)25(40)34-21(17-11-12-17)23(39)26(41)32-9/h17-22,24H,11-16H2,1-10H3,(H,32,41)(H,34,40)(H2,33,35,43)/t18-,19+,20-,21?,22-,24+/m0/s1. The van der Waals surface area contributed by atoms with Crippen molar-refractivity contribution >= 4 is 39.7 Å². The molecular weight excluding hydrogens is 614 g/mol. The minimum atomic E-state index is -3.62. The summed E-state index contributed by atoms with van der Waals surface area (Å²) in [5.41, 5.74) is -1.45. The minimum Gasteiger partial charge on any atom is -0.353 e. The van der Waals surface area contributed by atoms with E-state index in [9.17, 15) is 32.4 Å². The predicted octanol–water partition coefficient (Wildman–Crippen LogP) is 0.300. The van der Waals surface area contributed by atoms with E-state index >= 15 is 0 Å². The zero-order valence-corrected chi connectivity index (χ0v) is 29.7. The number of carbonyl (C=O) groups is 5. The third kappa shape index (κ3) is 7.05. The third-order valence-electron chi connectivity index (χ3n) is 10.4. The van der Waals surface area contributed by atoms with Crippen LogP contribution in [0.15, 0.2) is 0 Å². The number of nitrogens with one attached hydrogen (secondary N) is 4. The molecule has 0 bridgehead atoms. The SMILES string of the molecule is CNC(=O)C(=O)C(NC(=O)[C@@H]1[C@@H]2[C@H](CN1C(=O)[C@@H](NC(=O)N[C@H](CN1CCN(C)S1(=O)=O)C(C)(C)C)C(C)(C)C)C2(C)C)C1CC1. The fraction of sp³-hybridized carbons (Fsp3) is 0.839. The first-order chi connectivity index (χ1) is 21.0. The predicted molar refractivity (Wildman–Crippen MR) is 171 cm³/mol. The number of rotatable bonds is 10. The number of piperidine rings is 1. The Morgan fingerprint density at radius 3 is 2.00 bits per heavy atom. The molecule has 0 aromatic rings. The summed E-state index contributed by atoms with van der Waals surface area (Å²) in [6.45, 7) is 16.4. The molecule has 2 saturated carbocycles. The number of amides is 5. The summed E-state index contributed by atoms with van der Waals surface area (Å²) in [7, 11) is -0.736. The van der Waals surface area contributed by atoms with Crippen molar-refractivity contribution in [2.75, 3.05) is 40.3 Å². The Morgan fingerprint density at radius 1 is 0.913 bits per heavy atom. The maximum absolute atomic E-state index is 14.3. The van der Waals surface area contributed by atoms with Gasteiger partial charge in [-0.2, -0.15) is 17.0 Å². The van der Waals surface area contributed by atoms with Gasteiger partial charge in [0, 0.05) is 46.3 Å². The molecule has 0 aromatic carbocycles. The Balaban J connectivity index is 1.52. The summed E-state index contributed by atoms with van der Waals surface area (Å²) < 4.78 is 28.1. The first kappa shape index (κ1) is 36.1. The molecule has 5 amide bonds. The van der Waals surface area contributed by atoms with Gasteiger partial charge in [0.15, 0.2) is 0 Å². The zero-order valence-electron chi connectivity index (χ0n) is 28.9. The normalized spacial score (nSPS) is 27.6. The highest BCUT2D eigenvalue weighted by atomic mass is 32.2. The number of Topliss-reactive ketones (excluding diaryl/α,β-unsaturated/α-hetero) is 1. The Hall–Kier alpha value is -2.78. The summed E-state index contributed by atoms with van der Waals surface area (Å²) in [6.07, 6.45) is 1.44. The van der Waals surface area contributed by atoms with E-state index < -0.39 is 74.7 Å². The highest BCUT2D eigenvalue weighted by molar-refractivity contribution is 7.87. The van der Waals surface area contributed by atoms with Crippen molar-refractivity contribution < 1.29 is 32.4 Å². The van der Waals surface area contributed by atoms with E-state index in [1.807, 2.05) is 41.5 Å². The number of ketones is 1. The van der Waals surface area contributed by atoms with Crippen LogP contribution >= 0.6 is 0 Å². The number of likely N-dealkylation sites (N-methyl/N-ethyl adjacent to an activating group) is 2. The quantitative estimate of drug-likeness (QED) is 0.242. The summed E-state index contributed by atoms with van der Waals surface area (Å²) in [6, 6.07) is -4.02.